The van der Waals surface area contributed by atoms with E-state index in [1.54, 1.807) is 13.8 Å². The van der Waals surface area contributed by atoms with Crippen molar-refractivity contribution in [2.75, 3.05) is 18.1 Å². The Bertz CT molecular complexity index is 3040. The number of carbonyl (C=O) groups excluding carboxylic acids is 2. The molecule has 10 rings (SSSR count). The van der Waals surface area contributed by atoms with Gasteiger partial charge in [0.1, 0.15) is 18.1 Å². The summed E-state index contributed by atoms with van der Waals surface area (Å²) < 4.78 is 54.8. The molecule has 11 nitrogen and oxygen atoms in total. The molecular weight excluding hydrogens is 975 g/mol. The Morgan fingerprint density at radius 2 is 1.07 bits per heavy atom. The number of benzene rings is 6. The van der Waals surface area contributed by atoms with E-state index in [0.29, 0.717) is 10.9 Å². The molecule has 2 bridgehead atoms. The van der Waals surface area contributed by atoms with E-state index >= 15 is 0 Å². The van der Waals surface area contributed by atoms with E-state index in [-0.39, 0.29) is 59.3 Å². The molecule has 2 heterocycles. The van der Waals surface area contributed by atoms with Crippen molar-refractivity contribution in [3.8, 4) is 5.75 Å². The Kier molecular flexibility index (Phi) is 19.4. The van der Waals surface area contributed by atoms with Gasteiger partial charge in [0.2, 0.25) is 0 Å². The zero-order chi connectivity index (χ0) is 51.6. The lowest BCUT2D eigenvalue weighted by atomic mass is 9.85. The second-order valence-electron chi connectivity index (χ2n) is 18.8. The molecule has 0 aromatic heterocycles. The summed E-state index contributed by atoms with van der Waals surface area (Å²) in [4.78, 5) is 33.9. The molecule has 6 aromatic rings. The third kappa shape index (κ3) is 13.5. The third-order valence-electron chi connectivity index (χ3n) is 13.2. The van der Waals surface area contributed by atoms with Crippen LogP contribution >= 0.6 is 0 Å². The summed E-state index contributed by atoms with van der Waals surface area (Å²) in [5, 5.41) is 3.66. The van der Waals surface area contributed by atoms with Crippen LogP contribution < -0.4 is 4.74 Å². The van der Waals surface area contributed by atoms with E-state index in [9.17, 15) is 26.4 Å². The van der Waals surface area contributed by atoms with Crippen molar-refractivity contribution in [2.45, 2.75) is 102 Å². The number of amides is 2. The van der Waals surface area contributed by atoms with Crippen molar-refractivity contribution >= 4 is 57.5 Å². The lowest BCUT2D eigenvalue weighted by Gasteiger charge is -2.16. The molecule has 14 heteroatoms. The number of allylic oxidation sites excluding steroid dienone is 2. The third-order valence-corrected chi connectivity index (χ3v) is 19.9. The van der Waals surface area contributed by atoms with E-state index < -0.39 is 24.1 Å². The maximum Gasteiger partial charge on any atom is 0.504 e. The van der Waals surface area contributed by atoms with Gasteiger partial charge >= 0.3 is 4.38 Å². The van der Waals surface area contributed by atoms with Gasteiger partial charge in [-0.05, 0) is 119 Å². The number of nitrogens with zero attached hydrogens (tertiary/aromatic N) is 3. The van der Waals surface area contributed by atoms with Crippen LogP contribution in [0.4, 0.5) is 0 Å². The quantitative estimate of drug-likeness (QED) is 0.0191. The van der Waals surface area contributed by atoms with Crippen LogP contribution in [0.5, 0.6) is 5.75 Å². The number of sulfone groups is 2. The summed E-state index contributed by atoms with van der Waals surface area (Å²) in [5.41, 5.74) is 15.5. The normalized spacial score (nSPS) is 18.6. The molecule has 0 radical (unpaired) electrons. The number of carbonyl (C=O) groups is 2. The average Bonchev–Trinajstić information content (AvgIpc) is 4.20. The second-order valence-corrected chi connectivity index (χ2v) is 25.1. The van der Waals surface area contributed by atoms with Gasteiger partial charge in [-0.3, -0.25) is 14.4 Å². The van der Waals surface area contributed by atoms with Crippen LogP contribution in [-0.4, -0.2) is 61.0 Å². The fourth-order valence-electron chi connectivity index (χ4n) is 9.09. The zero-order valence-corrected chi connectivity index (χ0v) is 44.3. The smallest absolute Gasteiger partial charge is 0.488 e. The SMILES string of the molecule is C.CCCCOc1cc2ccccc2cc1[S+]1CCCC1.Cc1ccc(C)cc1.Cc1ccc(CON2C(=O)C3C4C=CC(C4)C3C2=O)cc1.Cc1ccc(S(=O)(=O)C(=[N+]=[N-])S(=O)(=O)c2ccc(C)cc2)cc1. The number of ether oxygens (including phenoxy) is 1. The summed E-state index contributed by atoms with van der Waals surface area (Å²) in [6.45, 7) is 13.0. The number of hydrogen-bond donors (Lipinski definition) is 0. The van der Waals surface area contributed by atoms with E-state index in [0.717, 1.165) is 47.0 Å². The Morgan fingerprint density at radius 1 is 0.644 bits per heavy atom. The molecular formula is C59H68N3O8S3+. The topological polar surface area (TPSA) is 161 Å². The molecule has 0 N–H and O–H groups in total. The van der Waals surface area contributed by atoms with Gasteiger partial charge in [0.25, 0.3) is 31.5 Å². The van der Waals surface area contributed by atoms with Crippen LogP contribution in [0.3, 0.4) is 0 Å². The molecule has 4 atom stereocenters. The first-order valence-corrected chi connectivity index (χ1v) is 29.0. The Morgan fingerprint density at radius 3 is 1.51 bits per heavy atom. The van der Waals surface area contributed by atoms with Gasteiger partial charge in [-0.25, -0.2) is 16.8 Å². The van der Waals surface area contributed by atoms with Gasteiger partial charge in [0, 0.05) is 17.0 Å². The summed E-state index contributed by atoms with van der Waals surface area (Å²) in [6, 6.07) is 40.8. The highest BCUT2D eigenvalue weighted by Gasteiger charge is 2.60. The van der Waals surface area contributed by atoms with Gasteiger partial charge in [-0.15, -0.1) is 4.79 Å². The molecule has 0 spiro atoms. The van der Waals surface area contributed by atoms with Crippen LogP contribution in [-0.2, 0) is 51.6 Å². The van der Waals surface area contributed by atoms with Crippen molar-refractivity contribution in [1.29, 1.82) is 0 Å². The molecule has 2 aliphatic carbocycles. The van der Waals surface area contributed by atoms with Gasteiger partial charge in [0.05, 0.1) is 28.2 Å². The Balaban J connectivity index is 0.000000165. The molecule has 2 aliphatic heterocycles. The van der Waals surface area contributed by atoms with Gasteiger partial charge < -0.3 is 10.3 Å². The van der Waals surface area contributed by atoms with Crippen molar-refractivity contribution in [1.82, 2.24) is 5.06 Å². The number of aryl methyl sites for hydroxylation is 5. The highest BCUT2D eigenvalue weighted by Crippen LogP contribution is 2.52. The van der Waals surface area contributed by atoms with Crippen molar-refractivity contribution < 1.29 is 40.8 Å². The monoisotopic (exact) mass is 1040 g/mol. The largest absolute Gasteiger partial charge is 0.504 e. The lowest BCUT2D eigenvalue weighted by molar-refractivity contribution is -0.194. The molecule has 6 aromatic carbocycles. The maximum absolute atomic E-state index is 12.5. The van der Waals surface area contributed by atoms with Crippen molar-refractivity contribution in [2.24, 2.45) is 23.7 Å². The minimum absolute atomic E-state index is 0. The first-order chi connectivity index (χ1) is 34.5. The number of hydroxylamine groups is 2. The predicted octanol–water partition coefficient (Wildman–Crippen LogP) is 12.1. The standard InChI is InChI=1S/C18H23OS.C17H17NO3.C15H14N2O4S2.C8H10.CH4/c1-2-3-10-19-17-13-15-8-4-5-9-16(15)14-18(17)20-11-6-7-12-20;1-10-2-4-11(5-3-10)9-21-18-16(19)14-12-6-7-13(8-12)15(14)17(18)20;1-11-3-7-13(8-4-11)22(18,19)15(17-16)23(20,21)14-9-5-12(2)6-10-14;1-7-3-5-8(2)6-4-7;/h4-5,8-9,13-14H,2-3,6-7,10-12H2,1H3;2-7,12-15H,8-9H2,1H3;3-10H,1-2H3;3-6H,1-2H3;1H4/q+1;;;;. The number of hydrogen-bond acceptors (Lipinski definition) is 8. The summed E-state index contributed by atoms with van der Waals surface area (Å²) in [6.07, 6.45) is 10.2. The lowest BCUT2D eigenvalue weighted by Crippen LogP contribution is -2.32. The summed E-state index contributed by atoms with van der Waals surface area (Å²) in [5.74, 6) is 3.60. The molecule has 73 heavy (non-hydrogen) atoms. The molecule has 4 aliphatic rings. The van der Waals surface area contributed by atoms with E-state index in [4.69, 9.17) is 15.1 Å². The number of imide groups is 1. The van der Waals surface area contributed by atoms with Crippen LogP contribution in [0, 0.1) is 58.3 Å². The van der Waals surface area contributed by atoms with E-state index in [1.165, 1.54) is 112 Å². The second kappa shape index (κ2) is 25.2. The van der Waals surface area contributed by atoms with Crippen molar-refractivity contribution in [3.05, 3.63) is 185 Å². The molecule has 1 saturated carbocycles. The Hall–Kier alpha value is -6.15. The number of fused-ring (bicyclic) bond motifs is 6. The predicted molar refractivity (Wildman–Crippen MR) is 292 cm³/mol. The number of rotatable bonds is 10. The summed E-state index contributed by atoms with van der Waals surface area (Å²) >= 11 is 0. The van der Waals surface area contributed by atoms with Gasteiger partial charge in [-0.1, -0.05) is 158 Å². The zero-order valence-electron chi connectivity index (χ0n) is 41.9. The fraction of sp³-hybridized carbons (Fsp3) is 0.339. The first-order valence-electron chi connectivity index (χ1n) is 24.5. The number of unbranched alkanes of at least 4 members (excludes halogenated alkanes) is 1. The minimum atomic E-state index is -4.47. The van der Waals surface area contributed by atoms with Crippen LogP contribution in [0.1, 0.15) is 79.8 Å². The van der Waals surface area contributed by atoms with Gasteiger partial charge in [0.15, 0.2) is 10.6 Å². The highest BCUT2D eigenvalue weighted by atomic mass is 32.3. The van der Waals surface area contributed by atoms with E-state index in [1.807, 2.05) is 31.2 Å². The fourth-order valence-corrected chi connectivity index (χ4v) is 14.9. The average molecular weight is 1040 g/mol. The van der Waals surface area contributed by atoms with Crippen LogP contribution in [0.25, 0.3) is 16.3 Å². The van der Waals surface area contributed by atoms with Crippen molar-refractivity contribution in [3.63, 3.8) is 0 Å². The van der Waals surface area contributed by atoms with Gasteiger partial charge in [-0.2, -0.15) is 5.06 Å². The molecule has 384 valence electrons. The van der Waals surface area contributed by atoms with Crippen LogP contribution in [0.15, 0.2) is 160 Å². The first kappa shape index (κ1) is 56.2. The maximum atomic E-state index is 12.5. The molecule has 4 unspecified atom stereocenters. The highest BCUT2D eigenvalue weighted by molar-refractivity contribution is 8.31. The summed E-state index contributed by atoms with van der Waals surface area (Å²) in [7, 11) is -8.53. The molecule has 3 fully saturated rings. The molecule has 2 saturated heterocycles. The Labute approximate surface area is 435 Å². The minimum Gasteiger partial charge on any atom is -0.488 e. The van der Waals surface area contributed by atoms with Crippen LogP contribution in [0.2, 0.25) is 0 Å². The van der Waals surface area contributed by atoms with E-state index in [2.05, 4.69) is 98.4 Å². The molecule has 2 amide bonds.